The molecule has 0 bridgehead atoms. The summed E-state index contributed by atoms with van der Waals surface area (Å²) in [6, 6.07) is 5.18. The summed E-state index contributed by atoms with van der Waals surface area (Å²) >= 11 is 0. The van der Waals surface area contributed by atoms with Crippen molar-refractivity contribution in [1.29, 1.82) is 0 Å². The van der Waals surface area contributed by atoms with Crippen LogP contribution in [-0.4, -0.2) is 6.04 Å². The maximum atomic E-state index is 3.67. The summed E-state index contributed by atoms with van der Waals surface area (Å²) in [5.41, 5.74) is 5.67. The fourth-order valence-corrected chi connectivity index (χ4v) is 2.70. The van der Waals surface area contributed by atoms with Gasteiger partial charge in [-0.25, -0.2) is 0 Å². The molecule has 1 unspecified atom stereocenters. The van der Waals surface area contributed by atoms with E-state index in [1.807, 2.05) is 0 Å². The Hall–Kier alpha value is -0.820. The lowest BCUT2D eigenvalue weighted by molar-refractivity contribution is 0.456. The number of hydrogen-bond donors (Lipinski definition) is 1. The highest BCUT2D eigenvalue weighted by atomic mass is 14.9. The fourth-order valence-electron chi connectivity index (χ4n) is 2.70. The summed E-state index contributed by atoms with van der Waals surface area (Å²) in [7, 11) is 0. The van der Waals surface area contributed by atoms with Crippen LogP contribution in [0.15, 0.2) is 12.1 Å². The van der Waals surface area contributed by atoms with Gasteiger partial charge < -0.3 is 5.32 Å². The van der Waals surface area contributed by atoms with E-state index in [1.54, 1.807) is 0 Å². The van der Waals surface area contributed by atoms with E-state index < -0.39 is 0 Å². The molecular formula is C18H31N. The van der Waals surface area contributed by atoms with Crippen LogP contribution in [0, 0.1) is 26.7 Å². The average molecular weight is 261 g/mol. The summed E-state index contributed by atoms with van der Waals surface area (Å²) in [5.74, 6) is 0.828. The molecule has 1 heteroatoms. The fraction of sp³-hybridized carbons (Fsp3) is 0.667. The first-order chi connectivity index (χ1) is 8.90. The largest absolute Gasteiger partial charge is 0.310 e. The van der Waals surface area contributed by atoms with E-state index in [1.165, 1.54) is 41.5 Å². The van der Waals surface area contributed by atoms with Gasteiger partial charge in [0.05, 0.1) is 0 Å². The van der Waals surface area contributed by atoms with Crippen molar-refractivity contribution in [3.05, 3.63) is 34.4 Å². The van der Waals surface area contributed by atoms with Crippen LogP contribution in [0.25, 0.3) is 0 Å². The van der Waals surface area contributed by atoms with Gasteiger partial charge in [0.2, 0.25) is 0 Å². The third-order valence-electron chi connectivity index (χ3n) is 3.89. The quantitative estimate of drug-likeness (QED) is 0.735. The van der Waals surface area contributed by atoms with E-state index in [2.05, 4.69) is 59.0 Å². The third-order valence-corrected chi connectivity index (χ3v) is 3.89. The number of benzene rings is 1. The van der Waals surface area contributed by atoms with E-state index in [-0.39, 0.29) is 0 Å². The standard InChI is InChI=1S/C18H31N/c1-13(2)8-7-9-17(6)19-12-18-15(4)10-14(3)11-16(18)5/h10-11,13,17,19H,7-9,12H2,1-6H3. The monoisotopic (exact) mass is 261 g/mol. The first-order valence-electron chi connectivity index (χ1n) is 7.70. The Bertz CT molecular complexity index is 370. The Morgan fingerprint density at radius 3 is 2.05 bits per heavy atom. The molecule has 0 aliphatic heterocycles. The van der Waals surface area contributed by atoms with Crippen LogP contribution in [0.4, 0.5) is 0 Å². The van der Waals surface area contributed by atoms with Crippen LogP contribution in [0.5, 0.6) is 0 Å². The van der Waals surface area contributed by atoms with Gasteiger partial charge in [0.25, 0.3) is 0 Å². The van der Waals surface area contributed by atoms with Gasteiger partial charge in [-0.2, -0.15) is 0 Å². The number of nitrogens with one attached hydrogen (secondary N) is 1. The van der Waals surface area contributed by atoms with Crippen LogP contribution < -0.4 is 5.32 Å². The van der Waals surface area contributed by atoms with Crippen molar-refractivity contribution >= 4 is 0 Å². The van der Waals surface area contributed by atoms with Gasteiger partial charge in [0.1, 0.15) is 0 Å². The van der Waals surface area contributed by atoms with Crippen LogP contribution in [0.3, 0.4) is 0 Å². The van der Waals surface area contributed by atoms with E-state index in [9.17, 15) is 0 Å². The molecule has 0 aliphatic carbocycles. The second-order valence-corrected chi connectivity index (χ2v) is 6.48. The number of hydrogen-bond acceptors (Lipinski definition) is 1. The van der Waals surface area contributed by atoms with E-state index in [0.29, 0.717) is 6.04 Å². The zero-order chi connectivity index (χ0) is 14.4. The van der Waals surface area contributed by atoms with Gasteiger partial charge in [0.15, 0.2) is 0 Å². The summed E-state index contributed by atoms with van der Waals surface area (Å²) in [5, 5.41) is 3.67. The smallest absolute Gasteiger partial charge is 0.0213 e. The highest BCUT2D eigenvalue weighted by molar-refractivity contribution is 5.37. The topological polar surface area (TPSA) is 12.0 Å². The lowest BCUT2D eigenvalue weighted by Crippen LogP contribution is -2.26. The summed E-state index contributed by atoms with van der Waals surface area (Å²) < 4.78 is 0. The molecule has 0 radical (unpaired) electrons. The minimum absolute atomic E-state index is 0.610. The van der Waals surface area contributed by atoms with Crippen molar-refractivity contribution in [2.45, 2.75) is 73.4 Å². The van der Waals surface area contributed by atoms with Crippen LogP contribution in [0.1, 0.15) is 62.3 Å². The molecule has 108 valence electrons. The Labute approximate surface area is 119 Å². The molecule has 0 spiro atoms. The molecule has 1 N–H and O–H groups in total. The molecule has 0 aromatic heterocycles. The number of rotatable bonds is 7. The first-order valence-corrected chi connectivity index (χ1v) is 7.70. The molecule has 0 aliphatic rings. The van der Waals surface area contributed by atoms with Crippen molar-refractivity contribution in [1.82, 2.24) is 5.32 Å². The van der Waals surface area contributed by atoms with E-state index >= 15 is 0 Å². The van der Waals surface area contributed by atoms with Gasteiger partial charge in [-0.05, 0) is 56.7 Å². The second kappa shape index (κ2) is 7.69. The lowest BCUT2D eigenvalue weighted by Gasteiger charge is -2.17. The van der Waals surface area contributed by atoms with Gasteiger partial charge in [-0.3, -0.25) is 0 Å². The van der Waals surface area contributed by atoms with Gasteiger partial charge in [-0.15, -0.1) is 0 Å². The minimum Gasteiger partial charge on any atom is -0.310 e. The predicted octanol–water partition coefficient (Wildman–Crippen LogP) is 4.92. The molecule has 0 amide bonds. The van der Waals surface area contributed by atoms with E-state index in [4.69, 9.17) is 0 Å². The average Bonchev–Trinajstić information content (AvgIpc) is 2.26. The molecule has 0 saturated heterocycles. The third kappa shape index (κ3) is 5.78. The maximum Gasteiger partial charge on any atom is 0.0213 e. The first kappa shape index (κ1) is 16.2. The highest BCUT2D eigenvalue weighted by Crippen LogP contribution is 2.16. The molecule has 1 aromatic rings. The minimum atomic E-state index is 0.610. The highest BCUT2D eigenvalue weighted by Gasteiger charge is 2.06. The lowest BCUT2D eigenvalue weighted by atomic mass is 9.99. The van der Waals surface area contributed by atoms with Crippen molar-refractivity contribution in [3.8, 4) is 0 Å². The van der Waals surface area contributed by atoms with Gasteiger partial charge in [0, 0.05) is 12.6 Å². The summed E-state index contributed by atoms with van der Waals surface area (Å²) in [6.45, 7) is 14.5. The normalized spacial score (nSPS) is 13.0. The number of aryl methyl sites for hydroxylation is 3. The second-order valence-electron chi connectivity index (χ2n) is 6.48. The predicted molar refractivity (Wildman–Crippen MR) is 85.6 cm³/mol. The van der Waals surface area contributed by atoms with Crippen molar-refractivity contribution in [3.63, 3.8) is 0 Å². The molecule has 1 aromatic carbocycles. The Balaban J connectivity index is 2.44. The Morgan fingerprint density at radius 1 is 0.947 bits per heavy atom. The Kier molecular flexibility index (Phi) is 6.57. The molecule has 0 fully saturated rings. The van der Waals surface area contributed by atoms with Crippen LogP contribution >= 0.6 is 0 Å². The zero-order valence-electron chi connectivity index (χ0n) is 13.6. The molecular weight excluding hydrogens is 230 g/mol. The molecule has 19 heavy (non-hydrogen) atoms. The molecule has 0 saturated carbocycles. The summed E-state index contributed by atoms with van der Waals surface area (Å²) in [4.78, 5) is 0. The van der Waals surface area contributed by atoms with Crippen LogP contribution in [0.2, 0.25) is 0 Å². The zero-order valence-corrected chi connectivity index (χ0v) is 13.6. The van der Waals surface area contributed by atoms with Crippen molar-refractivity contribution < 1.29 is 0 Å². The Morgan fingerprint density at radius 2 is 1.53 bits per heavy atom. The van der Waals surface area contributed by atoms with Crippen LogP contribution in [-0.2, 0) is 6.54 Å². The van der Waals surface area contributed by atoms with Gasteiger partial charge >= 0.3 is 0 Å². The maximum absolute atomic E-state index is 3.67. The van der Waals surface area contributed by atoms with Crippen molar-refractivity contribution in [2.24, 2.45) is 5.92 Å². The molecule has 1 atom stereocenters. The van der Waals surface area contributed by atoms with Crippen molar-refractivity contribution in [2.75, 3.05) is 0 Å². The molecule has 0 heterocycles. The molecule has 1 nitrogen and oxygen atoms in total. The van der Waals surface area contributed by atoms with E-state index in [0.717, 1.165) is 12.5 Å². The summed E-state index contributed by atoms with van der Waals surface area (Å²) in [6.07, 6.45) is 3.95. The van der Waals surface area contributed by atoms with Gasteiger partial charge in [-0.1, -0.05) is 44.4 Å². The SMILES string of the molecule is Cc1cc(C)c(CNC(C)CCCC(C)C)c(C)c1. The molecule has 1 rings (SSSR count).